The van der Waals surface area contributed by atoms with Crippen molar-refractivity contribution in [3.05, 3.63) is 106 Å². The Hall–Kier alpha value is -4.70. The Bertz CT molecular complexity index is 1360. The molecule has 34 heavy (non-hydrogen) atoms. The molecule has 0 aliphatic rings. The number of hydrogen-bond acceptors (Lipinski definition) is 8. The van der Waals surface area contributed by atoms with Gasteiger partial charge in [-0.05, 0) is 47.5 Å². The van der Waals surface area contributed by atoms with Crippen LogP contribution in [0.25, 0.3) is 6.08 Å². The zero-order chi connectivity index (χ0) is 23.9. The van der Waals surface area contributed by atoms with Crippen LogP contribution >= 0.6 is 11.6 Å². The van der Waals surface area contributed by atoms with Crippen LogP contribution in [0.15, 0.2) is 95.8 Å². The monoisotopic (exact) mass is 472 g/mol. The molecule has 0 bridgehead atoms. The number of nitrogens with one attached hydrogen (secondary N) is 1. The predicted molar refractivity (Wildman–Crippen MR) is 131 cm³/mol. The largest absolute Gasteiger partial charge is 0.324 e. The van der Waals surface area contributed by atoms with Gasteiger partial charge < -0.3 is 5.32 Å². The van der Waals surface area contributed by atoms with Gasteiger partial charge in [0.25, 0.3) is 11.6 Å². The molecule has 0 aliphatic carbocycles. The summed E-state index contributed by atoms with van der Waals surface area (Å²) in [6.45, 7) is 3.76. The van der Waals surface area contributed by atoms with Crippen LogP contribution in [-0.4, -0.2) is 19.9 Å². The lowest BCUT2D eigenvalue weighted by Gasteiger charge is -2.16. The average Bonchev–Trinajstić information content (AvgIpc) is 2.85. The Balaban J connectivity index is 1.79. The van der Waals surface area contributed by atoms with Gasteiger partial charge in [-0.25, -0.2) is 0 Å². The van der Waals surface area contributed by atoms with Crippen LogP contribution in [0.1, 0.15) is 5.56 Å². The molecule has 0 atom stereocenters. The van der Waals surface area contributed by atoms with Crippen LogP contribution in [-0.2, 0) is 0 Å². The van der Waals surface area contributed by atoms with E-state index in [-0.39, 0.29) is 28.6 Å². The molecule has 0 amide bonds. The molecule has 4 aromatic rings. The number of aromatic nitrogens is 3. The molecule has 3 aromatic carbocycles. The highest BCUT2D eigenvalue weighted by molar-refractivity contribution is 6.28. The lowest BCUT2D eigenvalue weighted by molar-refractivity contribution is -0.384. The minimum Gasteiger partial charge on any atom is -0.324 e. The van der Waals surface area contributed by atoms with Crippen molar-refractivity contribution in [1.82, 2.24) is 15.0 Å². The fourth-order valence-corrected chi connectivity index (χ4v) is 3.10. The number of hydrogen-bond donors (Lipinski definition) is 1. The van der Waals surface area contributed by atoms with E-state index in [1.165, 1.54) is 12.1 Å². The Kier molecular flexibility index (Phi) is 6.80. The zero-order valence-electron chi connectivity index (χ0n) is 17.6. The Morgan fingerprint density at radius 3 is 2.53 bits per heavy atom. The van der Waals surface area contributed by atoms with E-state index < -0.39 is 4.92 Å². The SMILES string of the molecule is C=Cc1cccc(Nc2nc(Cl)nc(N(N=Nc3ccccc3)c3ccccc3[N+](=O)[O-])n2)c1. The summed E-state index contributed by atoms with van der Waals surface area (Å²) >= 11 is 6.17. The third-order valence-electron chi connectivity index (χ3n) is 4.48. The summed E-state index contributed by atoms with van der Waals surface area (Å²) in [6, 6.07) is 22.4. The fraction of sp³-hybridized carbons (Fsp3) is 0. The number of nitro groups is 1. The standard InChI is InChI=1S/C23H17ClN8O2/c1-2-16-9-8-12-18(15-16)25-22-26-21(24)27-23(28-22)31(30-29-17-10-4-3-5-11-17)19-13-6-7-14-20(19)32(33)34/h2-15H,1H2,(H,25,26,27,28). The van der Waals surface area contributed by atoms with E-state index >= 15 is 0 Å². The first-order valence-electron chi connectivity index (χ1n) is 9.95. The number of halogens is 1. The van der Waals surface area contributed by atoms with Gasteiger partial charge >= 0.3 is 0 Å². The zero-order valence-corrected chi connectivity index (χ0v) is 18.4. The minimum atomic E-state index is -0.525. The summed E-state index contributed by atoms with van der Waals surface area (Å²) in [7, 11) is 0. The van der Waals surface area contributed by atoms with Crippen LogP contribution in [0, 0.1) is 10.1 Å². The number of anilines is 4. The molecule has 0 unspecified atom stereocenters. The average molecular weight is 473 g/mol. The molecule has 168 valence electrons. The van der Waals surface area contributed by atoms with Crippen molar-refractivity contribution >= 4 is 52.3 Å². The number of benzene rings is 3. The van der Waals surface area contributed by atoms with E-state index in [0.29, 0.717) is 11.4 Å². The van der Waals surface area contributed by atoms with Crippen molar-refractivity contribution in [2.24, 2.45) is 10.3 Å². The Morgan fingerprint density at radius 2 is 1.76 bits per heavy atom. The van der Waals surface area contributed by atoms with E-state index in [1.54, 1.807) is 42.5 Å². The molecule has 0 fully saturated rings. The van der Waals surface area contributed by atoms with Crippen molar-refractivity contribution in [2.45, 2.75) is 0 Å². The van der Waals surface area contributed by atoms with E-state index in [1.807, 2.05) is 30.3 Å². The number of para-hydroxylation sites is 2. The topological polar surface area (TPSA) is 122 Å². The lowest BCUT2D eigenvalue weighted by atomic mass is 10.2. The van der Waals surface area contributed by atoms with Crippen LogP contribution in [0.2, 0.25) is 5.28 Å². The molecule has 0 aliphatic heterocycles. The summed E-state index contributed by atoms with van der Waals surface area (Å²) in [4.78, 5) is 23.8. The van der Waals surface area contributed by atoms with Crippen molar-refractivity contribution in [3.63, 3.8) is 0 Å². The fourth-order valence-electron chi connectivity index (χ4n) is 2.95. The first-order chi connectivity index (χ1) is 16.5. The third-order valence-corrected chi connectivity index (χ3v) is 4.65. The van der Waals surface area contributed by atoms with Gasteiger partial charge in [0.1, 0.15) is 5.69 Å². The van der Waals surface area contributed by atoms with Gasteiger partial charge in [0.2, 0.25) is 11.2 Å². The van der Waals surface area contributed by atoms with Gasteiger partial charge in [-0.15, -0.1) is 5.11 Å². The van der Waals surface area contributed by atoms with Crippen molar-refractivity contribution in [2.75, 3.05) is 10.3 Å². The highest BCUT2D eigenvalue weighted by Crippen LogP contribution is 2.33. The normalized spacial score (nSPS) is 10.7. The summed E-state index contributed by atoms with van der Waals surface area (Å²) in [5.74, 6) is 0.0612. The van der Waals surface area contributed by atoms with Gasteiger partial charge in [-0.3, -0.25) is 10.1 Å². The number of nitrogens with zero attached hydrogens (tertiary/aromatic N) is 7. The van der Waals surface area contributed by atoms with Crippen LogP contribution in [0.5, 0.6) is 0 Å². The van der Waals surface area contributed by atoms with Gasteiger partial charge in [0, 0.05) is 11.8 Å². The summed E-state index contributed by atoms with van der Waals surface area (Å²) in [5.41, 5.74) is 2.01. The second-order valence-electron chi connectivity index (χ2n) is 6.77. The minimum absolute atomic E-state index is 0.0589. The molecule has 4 rings (SSSR count). The molecule has 11 heteroatoms. The van der Waals surface area contributed by atoms with Gasteiger partial charge in [0.05, 0.1) is 10.6 Å². The van der Waals surface area contributed by atoms with Crippen molar-refractivity contribution < 1.29 is 4.92 Å². The molecule has 0 saturated carbocycles. The highest BCUT2D eigenvalue weighted by atomic mass is 35.5. The predicted octanol–water partition coefficient (Wildman–Crippen LogP) is 6.66. The van der Waals surface area contributed by atoms with Crippen molar-refractivity contribution in [3.8, 4) is 0 Å². The van der Waals surface area contributed by atoms with E-state index in [4.69, 9.17) is 11.6 Å². The maximum Gasteiger partial charge on any atom is 0.295 e. The molecular formula is C23H17ClN8O2. The van der Waals surface area contributed by atoms with Crippen LogP contribution in [0.3, 0.4) is 0 Å². The third kappa shape index (κ3) is 5.37. The molecule has 1 N–H and O–H groups in total. The van der Waals surface area contributed by atoms with E-state index in [2.05, 4.69) is 37.2 Å². The second kappa shape index (κ2) is 10.3. The van der Waals surface area contributed by atoms with Crippen LogP contribution in [0.4, 0.5) is 34.6 Å². The summed E-state index contributed by atoms with van der Waals surface area (Å²) in [5, 5.41) is 24.1. The van der Waals surface area contributed by atoms with Crippen molar-refractivity contribution in [1.29, 1.82) is 0 Å². The Labute approximate surface area is 199 Å². The van der Waals surface area contributed by atoms with Crippen LogP contribution < -0.4 is 10.3 Å². The molecule has 0 spiro atoms. The molecule has 10 nitrogen and oxygen atoms in total. The first-order valence-corrected chi connectivity index (χ1v) is 10.3. The smallest absolute Gasteiger partial charge is 0.295 e. The van der Waals surface area contributed by atoms with Gasteiger partial charge in [-0.1, -0.05) is 60.3 Å². The van der Waals surface area contributed by atoms with E-state index in [9.17, 15) is 10.1 Å². The highest BCUT2D eigenvalue weighted by Gasteiger charge is 2.24. The lowest BCUT2D eigenvalue weighted by Crippen LogP contribution is -2.15. The summed E-state index contributed by atoms with van der Waals surface area (Å²) in [6.07, 6.45) is 1.71. The van der Waals surface area contributed by atoms with E-state index in [0.717, 1.165) is 10.6 Å². The molecule has 0 radical (unpaired) electrons. The molecule has 0 saturated heterocycles. The maximum absolute atomic E-state index is 11.7. The maximum atomic E-state index is 11.7. The second-order valence-corrected chi connectivity index (χ2v) is 7.10. The van der Waals surface area contributed by atoms with Gasteiger partial charge in [0.15, 0.2) is 0 Å². The quantitative estimate of drug-likeness (QED) is 0.173. The Morgan fingerprint density at radius 1 is 1.00 bits per heavy atom. The molecule has 1 heterocycles. The van der Waals surface area contributed by atoms with Gasteiger partial charge in [-0.2, -0.15) is 20.0 Å². The first kappa shape index (κ1) is 22.5. The molecular weight excluding hydrogens is 456 g/mol. The molecule has 1 aromatic heterocycles. The number of rotatable bonds is 8. The number of nitro benzene ring substituents is 1. The summed E-state index contributed by atoms with van der Waals surface area (Å²) < 4.78 is 0.